The van der Waals surface area contributed by atoms with Gasteiger partial charge in [0.15, 0.2) is 25.1 Å². The highest BCUT2D eigenvalue weighted by Gasteiger charge is 2.06. The summed E-state index contributed by atoms with van der Waals surface area (Å²) in [6, 6.07) is 5.44. The Balaban J connectivity index is 2.76. The highest BCUT2D eigenvalue weighted by Crippen LogP contribution is 2.29. The predicted octanol–water partition coefficient (Wildman–Crippen LogP) is 2.78. The highest BCUT2D eigenvalue weighted by molar-refractivity contribution is 5.82. The molecule has 0 aliphatic carbocycles. The van der Waals surface area contributed by atoms with Crippen LogP contribution in [0.25, 0.3) is 6.08 Å². The van der Waals surface area contributed by atoms with Gasteiger partial charge in [-0.1, -0.05) is 24.3 Å². The Bertz CT molecular complexity index is 536. The maximum absolute atomic E-state index is 11.2. The van der Waals surface area contributed by atoms with E-state index in [4.69, 9.17) is 23.7 Å². The molecule has 0 fully saturated rings. The van der Waals surface area contributed by atoms with Gasteiger partial charge in [-0.15, -0.1) is 0 Å². The minimum atomic E-state index is -0.371. The van der Waals surface area contributed by atoms with Crippen LogP contribution in [0.2, 0.25) is 0 Å². The third-order valence-corrected chi connectivity index (χ3v) is 2.55. The van der Waals surface area contributed by atoms with Crippen molar-refractivity contribution in [2.75, 3.05) is 34.4 Å². The lowest BCUT2D eigenvalue weighted by Crippen LogP contribution is -2.04. The van der Waals surface area contributed by atoms with Crippen LogP contribution in [0.4, 0.5) is 0 Å². The molecule has 0 bridgehead atoms. The molecule has 0 heterocycles. The van der Waals surface area contributed by atoms with Gasteiger partial charge in [0, 0.05) is 20.3 Å². The summed E-state index contributed by atoms with van der Waals surface area (Å²) < 4.78 is 25.5. The largest absolute Gasteiger partial charge is 0.464 e. The van der Waals surface area contributed by atoms with E-state index in [0.717, 1.165) is 5.56 Å². The Morgan fingerprint density at radius 2 is 1.74 bits per heavy atom. The minimum Gasteiger partial charge on any atom is -0.464 e. The zero-order valence-corrected chi connectivity index (χ0v) is 13.6. The van der Waals surface area contributed by atoms with Gasteiger partial charge in [-0.3, -0.25) is 0 Å². The van der Waals surface area contributed by atoms with Crippen molar-refractivity contribution in [2.24, 2.45) is 0 Å². The molecule has 6 heteroatoms. The molecule has 0 saturated heterocycles. The molecule has 0 unspecified atom stereocenters. The molecular weight excluding hydrogens is 300 g/mol. The molecule has 0 saturated carbocycles. The molecule has 0 aliphatic heterocycles. The fourth-order valence-electron chi connectivity index (χ4n) is 1.60. The lowest BCUT2D eigenvalue weighted by atomic mass is 10.2. The topological polar surface area (TPSA) is 63.2 Å². The average Bonchev–Trinajstić information content (AvgIpc) is 2.56. The lowest BCUT2D eigenvalue weighted by Gasteiger charge is -2.12. The van der Waals surface area contributed by atoms with Crippen molar-refractivity contribution in [2.45, 2.75) is 6.92 Å². The van der Waals surface area contributed by atoms with Crippen LogP contribution >= 0.6 is 0 Å². The number of benzene rings is 1. The van der Waals surface area contributed by atoms with Crippen molar-refractivity contribution in [1.29, 1.82) is 0 Å². The van der Waals surface area contributed by atoms with Crippen LogP contribution in [-0.2, 0) is 19.0 Å². The summed E-state index contributed by atoms with van der Waals surface area (Å²) in [7, 11) is 3.09. The summed E-state index contributed by atoms with van der Waals surface area (Å²) in [5.74, 6) is 0.730. The van der Waals surface area contributed by atoms with Crippen LogP contribution in [0.1, 0.15) is 12.5 Å². The van der Waals surface area contributed by atoms with E-state index in [-0.39, 0.29) is 19.6 Å². The molecule has 0 atom stereocenters. The maximum atomic E-state index is 11.2. The molecule has 0 radical (unpaired) electrons. The summed E-state index contributed by atoms with van der Waals surface area (Å²) in [6.07, 6.45) is 6.54. The Hall–Kier alpha value is -2.31. The zero-order chi connectivity index (χ0) is 16.9. The third kappa shape index (κ3) is 7.49. The second kappa shape index (κ2) is 11.3. The van der Waals surface area contributed by atoms with Crippen molar-refractivity contribution in [3.63, 3.8) is 0 Å². The van der Waals surface area contributed by atoms with Crippen LogP contribution < -0.4 is 9.47 Å². The lowest BCUT2D eigenvalue weighted by molar-refractivity contribution is -0.137. The average molecular weight is 322 g/mol. The van der Waals surface area contributed by atoms with Crippen LogP contribution in [0.5, 0.6) is 11.5 Å². The third-order valence-electron chi connectivity index (χ3n) is 2.55. The standard InChI is InChI=1S/C17H22O6/c1-4-21-17(18)8-6-5-7-14-9-10-15(22-12-19-2)16(11-14)23-13-20-3/h5-11H,4,12-13H2,1-3H3/b7-5+,8-6+. The molecule has 1 rings (SSSR count). The number of ether oxygens (including phenoxy) is 5. The molecule has 1 aromatic carbocycles. The Morgan fingerprint density at radius 1 is 1.04 bits per heavy atom. The molecule has 0 amide bonds. The SMILES string of the molecule is CCOC(=O)/C=C/C=C/c1ccc(OCOC)c(OCOC)c1. The first-order valence-corrected chi connectivity index (χ1v) is 7.10. The minimum absolute atomic E-state index is 0.110. The summed E-state index contributed by atoms with van der Waals surface area (Å²) in [5, 5.41) is 0. The molecule has 1 aromatic rings. The van der Waals surface area contributed by atoms with Gasteiger partial charge < -0.3 is 23.7 Å². The number of esters is 1. The van der Waals surface area contributed by atoms with Crippen molar-refractivity contribution in [3.05, 3.63) is 42.0 Å². The molecular formula is C17H22O6. The van der Waals surface area contributed by atoms with E-state index in [1.54, 1.807) is 45.4 Å². The Labute approximate surface area is 136 Å². The van der Waals surface area contributed by atoms with Crippen molar-refractivity contribution in [1.82, 2.24) is 0 Å². The van der Waals surface area contributed by atoms with Gasteiger partial charge in [-0.25, -0.2) is 4.79 Å². The number of rotatable bonds is 10. The molecule has 0 aromatic heterocycles. The molecule has 0 spiro atoms. The van der Waals surface area contributed by atoms with Crippen LogP contribution in [0.15, 0.2) is 36.4 Å². The smallest absolute Gasteiger partial charge is 0.330 e. The molecule has 23 heavy (non-hydrogen) atoms. The summed E-state index contributed by atoms with van der Waals surface area (Å²) in [6.45, 7) is 2.35. The molecule has 0 N–H and O–H groups in total. The molecule has 6 nitrogen and oxygen atoms in total. The fraction of sp³-hybridized carbons (Fsp3) is 0.353. The van der Waals surface area contributed by atoms with E-state index in [1.165, 1.54) is 6.08 Å². The van der Waals surface area contributed by atoms with Gasteiger partial charge in [-0.2, -0.15) is 0 Å². The van der Waals surface area contributed by atoms with Gasteiger partial charge in [0.2, 0.25) is 0 Å². The fourth-order valence-corrected chi connectivity index (χ4v) is 1.60. The van der Waals surface area contributed by atoms with Crippen molar-refractivity contribution >= 4 is 12.0 Å². The van der Waals surface area contributed by atoms with Gasteiger partial charge >= 0.3 is 5.97 Å². The zero-order valence-electron chi connectivity index (χ0n) is 13.6. The first kappa shape index (κ1) is 18.7. The van der Waals surface area contributed by atoms with Gasteiger partial charge in [0.1, 0.15) is 0 Å². The predicted molar refractivity (Wildman–Crippen MR) is 86.3 cm³/mol. The van der Waals surface area contributed by atoms with Crippen molar-refractivity contribution in [3.8, 4) is 11.5 Å². The summed E-state index contributed by atoms with van der Waals surface area (Å²) in [4.78, 5) is 11.2. The number of allylic oxidation sites excluding steroid dienone is 2. The number of hydrogen-bond donors (Lipinski definition) is 0. The van der Waals surface area contributed by atoms with Crippen LogP contribution in [-0.4, -0.2) is 40.4 Å². The number of methoxy groups -OCH3 is 2. The van der Waals surface area contributed by atoms with E-state index >= 15 is 0 Å². The number of hydrogen-bond acceptors (Lipinski definition) is 6. The summed E-state index contributed by atoms with van der Waals surface area (Å²) in [5.41, 5.74) is 0.884. The van der Waals surface area contributed by atoms with E-state index in [2.05, 4.69) is 0 Å². The van der Waals surface area contributed by atoms with Gasteiger partial charge in [0.25, 0.3) is 0 Å². The van der Waals surface area contributed by atoms with Gasteiger partial charge in [-0.05, 0) is 24.6 Å². The number of carbonyl (C=O) groups is 1. The monoisotopic (exact) mass is 322 g/mol. The van der Waals surface area contributed by atoms with E-state index in [1.807, 2.05) is 12.1 Å². The van der Waals surface area contributed by atoms with Gasteiger partial charge in [0.05, 0.1) is 6.61 Å². The normalized spacial score (nSPS) is 11.1. The van der Waals surface area contributed by atoms with E-state index in [9.17, 15) is 4.79 Å². The second-order valence-corrected chi connectivity index (χ2v) is 4.28. The van der Waals surface area contributed by atoms with E-state index < -0.39 is 0 Å². The van der Waals surface area contributed by atoms with Crippen molar-refractivity contribution < 1.29 is 28.5 Å². The summed E-state index contributed by atoms with van der Waals surface area (Å²) >= 11 is 0. The van der Waals surface area contributed by atoms with E-state index in [0.29, 0.717) is 18.1 Å². The molecule has 0 aliphatic rings. The molecule has 126 valence electrons. The first-order valence-electron chi connectivity index (χ1n) is 7.10. The highest BCUT2D eigenvalue weighted by atomic mass is 16.7. The quantitative estimate of drug-likeness (QED) is 0.286. The number of carbonyl (C=O) groups excluding carboxylic acids is 1. The van der Waals surface area contributed by atoms with Crippen LogP contribution in [0.3, 0.4) is 0 Å². The Kier molecular flexibility index (Phi) is 9.19. The second-order valence-electron chi connectivity index (χ2n) is 4.28. The van der Waals surface area contributed by atoms with Crippen LogP contribution in [0, 0.1) is 0 Å². The Morgan fingerprint density at radius 3 is 2.39 bits per heavy atom. The first-order chi connectivity index (χ1) is 11.2. The maximum Gasteiger partial charge on any atom is 0.330 e.